The van der Waals surface area contributed by atoms with Gasteiger partial charge in [0, 0.05) is 25.0 Å². The van der Waals surface area contributed by atoms with Crippen LogP contribution in [-0.4, -0.2) is 41.4 Å². The van der Waals surface area contributed by atoms with E-state index in [0.29, 0.717) is 13.1 Å². The third-order valence-corrected chi connectivity index (χ3v) is 5.37. The molecule has 5 nitrogen and oxygen atoms in total. The molecule has 134 valence electrons. The number of hydrogen-bond acceptors (Lipinski definition) is 3. The molecule has 2 saturated carbocycles. The molecule has 0 heterocycles. The fourth-order valence-electron chi connectivity index (χ4n) is 3.95. The minimum atomic E-state index is -0.673. The summed E-state index contributed by atoms with van der Waals surface area (Å²) in [7, 11) is 0. The van der Waals surface area contributed by atoms with Gasteiger partial charge in [-0.3, -0.25) is 9.59 Å². The minimum Gasteiger partial charge on any atom is -0.341 e. The average Bonchev–Trinajstić information content (AvgIpc) is 2.96. The predicted molar refractivity (Wildman–Crippen MR) is 94.5 cm³/mol. The Hall–Kier alpha value is -0.810. The molecule has 0 aromatic heterocycles. The number of hydrogen-bond donors (Lipinski definition) is 2. The first-order chi connectivity index (χ1) is 10.5. The molecule has 2 aliphatic carbocycles. The quantitative estimate of drug-likeness (QED) is 0.802. The van der Waals surface area contributed by atoms with Gasteiger partial charge in [-0.25, -0.2) is 0 Å². The van der Waals surface area contributed by atoms with E-state index in [1.165, 1.54) is 0 Å². The summed E-state index contributed by atoms with van der Waals surface area (Å²) in [5, 5.41) is 3.16. The van der Waals surface area contributed by atoms with Crippen molar-refractivity contribution in [3.63, 3.8) is 0 Å². The number of rotatable bonds is 5. The van der Waals surface area contributed by atoms with Crippen molar-refractivity contribution in [1.82, 2.24) is 10.2 Å². The third-order valence-electron chi connectivity index (χ3n) is 5.37. The van der Waals surface area contributed by atoms with Crippen LogP contribution in [0.25, 0.3) is 0 Å². The third kappa shape index (κ3) is 4.60. The molecule has 2 unspecified atom stereocenters. The molecule has 0 aromatic carbocycles. The Bertz CT molecular complexity index is 407. The summed E-state index contributed by atoms with van der Waals surface area (Å²) >= 11 is 0. The second kappa shape index (κ2) is 8.88. The number of nitrogens with zero attached hydrogens (tertiary/aromatic N) is 1. The summed E-state index contributed by atoms with van der Waals surface area (Å²) in [4.78, 5) is 27.5. The van der Waals surface area contributed by atoms with Gasteiger partial charge in [0.25, 0.3) is 0 Å². The van der Waals surface area contributed by atoms with Crippen LogP contribution < -0.4 is 11.1 Å². The van der Waals surface area contributed by atoms with Gasteiger partial charge in [0.05, 0.1) is 0 Å². The SMILES string of the molecule is CCN(CC)C(=O)C1(NC(=O)C2CCC(N)C2)CCCCC1.Cl. The molecule has 0 bridgehead atoms. The molecule has 0 radical (unpaired) electrons. The van der Waals surface area contributed by atoms with Crippen LogP contribution in [0.2, 0.25) is 0 Å². The molecule has 3 N–H and O–H groups in total. The lowest BCUT2D eigenvalue weighted by molar-refractivity contribution is -0.144. The highest BCUT2D eigenvalue weighted by molar-refractivity contribution is 5.92. The van der Waals surface area contributed by atoms with Crippen LogP contribution in [0.5, 0.6) is 0 Å². The molecule has 2 atom stereocenters. The molecule has 2 amide bonds. The zero-order chi connectivity index (χ0) is 16.2. The van der Waals surface area contributed by atoms with Crippen LogP contribution in [0.15, 0.2) is 0 Å². The van der Waals surface area contributed by atoms with E-state index in [9.17, 15) is 9.59 Å². The summed E-state index contributed by atoms with van der Waals surface area (Å²) < 4.78 is 0. The van der Waals surface area contributed by atoms with Crippen LogP contribution in [0.4, 0.5) is 0 Å². The number of likely N-dealkylation sites (N-methyl/N-ethyl adjacent to an activating group) is 1. The van der Waals surface area contributed by atoms with Crippen molar-refractivity contribution < 1.29 is 9.59 Å². The maximum absolute atomic E-state index is 13.0. The van der Waals surface area contributed by atoms with E-state index in [2.05, 4.69) is 5.32 Å². The second-order valence-electron chi connectivity index (χ2n) is 6.88. The molecule has 0 aromatic rings. The van der Waals surface area contributed by atoms with Gasteiger partial charge in [-0.1, -0.05) is 19.3 Å². The molecule has 2 fully saturated rings. The van der Waals surface area contributed by atoms with Gasteiger partial charge in [0.15, 0.2) is 0 Å². The number of amides is 2. The molecule has 0 saturated heterocycles. The van der Waals surface area contributed by atoms with Gasteiger partial charge in [0.1, 0.15) is 5.54 Å². The molecule has 2 aliphatic rings. The predicted octanol–water partition coefficient (Wildman–Crippen LogP) is 2.22. The lowest BCUT2D eigenvalue weighted by atomic mass is 9.80. The van der Waals surface area contributed by atoms with Gasteiger partial charge < -0.3 is 16.0 Å². The maximum Gasteiger partial charge on any atom is 0.248 e. The highest BCUT2D eigenvalue weighted by atomic mass is 35.5. The van der Waals surface area contributed by atoms with Crippen LogP contribution in [-0.2, 0) is 9.59 Å². The summed E-state index contributed by atoms with van der Waals surface area (Å²) in [6.07, 6.45) is 7.23. The second-order valence-corrected chi connectivity index (χ2v) is 6.88. The highest BCUT2D eigenvalue weighted by Gasteiger charge is 2.44. The Morgan fingerprint density at radius 2 is 1.74 bits per heavy atom. The van der Waals surface area contributed by atoms with Crippen molar-refractivity contribution >= 4 is 24.2 Å². The van der Waals surface area contributed by atoms with Crippen molar-refractivity contribution in [2.24, 2.45) is 11.7 Å². The molecule has 2 rings (SSSR count). The zero-order valence-corrected chi connectivity index (χ0v) is 15.3. The standard InChI is InChI=1S/C17H31N3O2.ClH/c1-3-20(4-2)16(22)17(10-6-5-7-11-17)19-15(21)13-8-9-14(18)12-13;/h13-14H,3-12,18H2,1-2H3,(H,19,21);1H. The Morgan fingerprint density at radius 1 is 1.13 bits per heavy atom. The summed E-state index contributed by atoms with van der Waals surface area (Å²) in [6, 6.07) is 0.136. The zero-order valence-electron chi connectivity index (χ0n) is 14.5. The molecular formula is C17H32ClN3O2. The summed E-state index contributed by atoms with van der Waals surface area (Å²) in [5.74, 6) is 0.126. The van der Waals surface area contributed by atoms with Crippen LogP contribution >= 0.6 is 12.4 Å². The normalized spacial score (nSPS) is 26.2. The Balaban J connectivity index is 0.00000264. The van der Waals surface area contributed by atoms with Crippen molar-refractivity contribution in [2.45, 2.75) is 76.8 Å². The van der Waals surface area contributed by atoms with Gasteiger partial charge >= 0.3 is 0 Å². The average molecular weight is 346 g/mol. The highest BCUT2D eigenvalue weighted by Crippen LogP contribution is 2.32. The van der Waals surface area contributed by atoms with Gasteiger partial charge in [-0.05, 0) is 46.0 Å². The topological polar surface area (TPSA) is 75.4 Å². The molecule has 0 spiro atoms. The lowest BCUT2D eigenvalue weighted by Crippen LogP contribution is -2.61. The van der Waals surface area contributed by atoms with Gasteiger partial charge in [-0.15, -0.1) is 12.4 Å². The first-order valence-electron chi connectivity index (χ1n) is 8.89. The van der Waals surface area contributed by atoms with Crippen LogP contribution in [0.3, 0.4) is 0 Å². The Labute approximate surface area is 146 Å². The maximum atomic E-state index is 13.0. The monoisotopic (exact) mass is 345 g/mol. The van der Waals surface area contributed by atoms with Crippen molar-refractivity contribution in [3.05, 3.63) is 0 Å². The number of nitrogens with two attached hydrogens (primary N) is 1. The van der Waals surface area contributed by atoms with E-state index < -0.39 is 5.54 Å². The van der Waals surface area contributed by atoms with Crippen molar-refractivity contribution in [1.29, 1.82) is 0 Å². The summed E-state index contributed by atoms with van der Waals surface area (Å²) in [5.41, 5.74) is 5.25. The van der Waals surface area contributed by atoms with E-state index in [1.54, 1.807) is 0 Å². The van der Waals surface area contributed by atoms with Gasteiger partial charge in [-0.2, -0.15) is 0 Å². The first kappa shape index (κ1) is 20.2. The molecular weight excluding hydrogens is 314 g/mol. The van der Waals surface area contributed by atoms with E-state index in [1.807, 2.05) is 18.7 Å². The summed E-state index contributed by atoms with van der Waals surface area (Å²) in [6.45, 7) is 5.38. The fourth-order valence-corrected chi connectivity index (χ4v) is 3.95. The number of carbonyl (C=O) groups is 2. The van der Waals surface area contributed by atoms with E-state index in [4.69, 9.17) is 5.73 Å². The first-order valence-corrected chi connectivity index (χ1v) is 8.89. The number of nitrogens with one attached hydrogen (secondary N) is 1. The van der Waals surface area contributed by atoms with Crippen LogP contribution in [0, 0.1) is 5.92 Å². The molecule has 23 heavy (non-hydrogen) atoms. The van der Waals surface area contributed by atoms with Crippen molar-refractivity contribution in [3.8, 4) is 0 Å². The van der Waals surface area contributed by atoms with E-state index in [-0.39, 0.29) is 36.2 Å². The molecule has 6 heteroatoms. The largest absolute Gasteiger partial charge is 0.341 e. The van der Waals surface area contributed by atoms with Crippen molar-refractivity contribution in [2.75, 3.05) is 13.1 Å². The smallest absolute Gasteiger partial charge is 0.248 e. The number of carbonyl (C=O) groups excluding carboxylic acids is 2. The Kier molecular flexibility index (Phi) is 7.81. The molecule has 0 aliphatic heterocycles. The van der Waals surface area contributed by atoms with E-state index in [0.717, 1.165) is 51.4 Å². The van der Waals surface area contributed by atoms with Crippen LogP contribution in [0.1, 0.15) is 65.2 Å². The van der Waals surface area contributed by atoms with E-state index >= 15 is 0 Å². The fraction of sp³-hybridized carbons (Fsp3) is 0.882. The lowest BCUT2D eigenvalue weighted by Gasteiger charge is -2.40. The minimum absolute atomic E-state index is 0. The number of halogens is 1. The van der Waals surface area contributed by atoms with Gasteiger partial charge in [0.2, 0.25) is 11.8 Å². The Morgan fingerprint density at radius 3 is 2.22 bits per heavy atom.